The molecule has 2 N–H and O–H groups in total. The highest BCUT2D eigenvalue weighted by Gasteiger charge is 2.15. The number of nitrogens with one attached hydrogen (secondary N) is 2. The Kier molecular flexibility index (Phi) is 3.72. The first-order chi connectivity index (χ1) is 7.78. The molecule has 0 saturated carbocycles. The van der Waals surface area contributed by atoms with Crippen LogP contribution in [0.15, 0.2) is 10.9 Å². The van der Waals surface area contributed by atoms with Gasteiger partial charge < -0.3 is 10.3 Å². The summed E-state index contributed by atoms with van der Waals surface area (Å²) in [6.07, 6.45) is 5.16. The molecular formula is C12H19N3O. The van der Waals surface area contributed by atoms with Gasteiger partial charge in [-0.1, -0.05) is 13.3 Å². The van der Waals surface area contributed by atoms with Crippen LogP contribution in [0.2, 0.25) is 0 Å². The number of nitrogens with zero attached hydrogens (tertiary/aromatic N) is 1. The van der Waals surface area contributed by atoms with Crippen LogP contribution < -0.4 is 10.9 Å². The van der Waals surface area contributed by atoms with E-state index in [-0.39, 0.29) is 5.56 Å². The van der Waals surface area contributed by atoms with Crippen molar-refractivity contribution in [2.75, 3.05) is 6.54 Å². The molecule has 0 amide bonds. The molecule has 1 fully saturated rings. The molecule has 1 aliphatic rings. The lowest BCUT2D eigenvalue weighted by molar-refractivity contribution is 0.581. The van der Waals surface area contributed by atoms with Crippen molar-refractivity contribution < 1.29 is 0 Å². The topological polar surface area (TPSA) is 57.8 Å². The summed E-state index contributed by atoms with van der Waals surface area (Å²) in [5, 5.41) is 3.41. The van der Waals surface area contributed by atoms with Gasteiger partial charge in [0.15, 0.2) is 0 Å². The maximum atomic E-state index is 11.4. The highest BCUT2D eigenvalue weighted by Crippen LogP contribution is 2.09. The van der Waals surface area contributed by atoms with Crippen molar-refractivity contribution >= 4 is 0 Å². The molecule has 1 aromatic heterocycles. The van der Waals surface area contributed by atoms with Gasteiger partial charge in [-0.05, 0) is 25.8 Å². The lowest BCUT2D eigenvalue weighted by Gasteiger charge is -2.09. The van der Waals surface area contributed by atoms with Gasteiger partial charge in [-0.3, -0.25) is 4.79 Å². The van der Waals surface area contributed by atoms with Crippen molar-refractivity contribution in [1.82, 2.24) is 15.3 Å². The van der Waals surface area contributed by atoms with Gasteiger partial charge in [-0.15, -0.1) is 0 Å². The quantitative estimate of drug-likeness (QED) is 0.798. The molecule has 1 saturated heterocycles. The van der Waals surface area contributed by atoms with Gasteiger partial charge in [0.2, 0.25) is 0 Å². The van der Waals surface area contributed by atoms with E-state index in [4.69, 9.17) is 0 Å². The fourth-order valence-corrected chi connectivity index (χ4v) is 2.21. The van der Waals surface area contributed by atoms with Crippen molar-refractivity contribution in [3.05, 3.63) is 27.9 Å². The lowest BCUT2D eigenvalue weighted by Crippen LogP contribution is -2.26. The minimum Gasteiger partial charge on any atom is -0.314 e. The monoisotopic (exact) mass is 221 g/mol. The van der Waals surface area contributed by atoms with Gasteiger partial charge in [0.1, 0.15) is 5.82 Å². The second-order valence-corrected chi connectivity index (χ2v) is 4.43. The lowest BCUT2D eigenvalue weighted by atomic mass is 10.1. The van der Waals surface area contributed by atoms with Crippen LogP contribution in [0, 0.1) is 0 Å². The maximum Gasteiger partial charge on any atom is 0.251 e. The maximum absolute atomic E-state index is 11.4. The molecule has 2 heterocycles. The second kappa shape index (κ2) is 5.25. The summed E-state index contributed by atoms with van der Waals surface area (Å²) in [5.74, 6) is 0.829. The van der Waals surface area contributed by atoms with E-state index in [1.807, 2.05) is 0 Å². The Balaban J connectivity index is 2.10. The Morgan fingerprint density at radius 2 is 2.44 bits per heavy atom. The van der Waals surface area contributed by atoms with Crippen molar-refractivity contribution in [3.8, 4) is 0 Å². The molecule has 4 heteroatoms. The molecular weight excluding hydrogens is 202 g/mol. The molecule has 0 spiro atoms. The van der Waals surface area contributed by atoms with E-state index >= 15 is 0 Å². The number of aromatic amines is 1. The largest absolute Gasteiger partial charge is 0.314 e. The third kappa shape index (κ3) is 2.92. The summed E-state index contributed by atoms with van der Waals surface area (Å²) in [7, 11) is 0. The van der Waals surface area contributed by atoms with Gasteiger partial charge in [-0.25, -0.2) is 4.98 Å². The minimum absolute atomic E-state index is 0.0218. The van der Waals surface area contributed by atoms with Gasteiger partial charge in [0, 0.05) is 24.2 Å². The van der Waals surface area contributed by atoms with Crippen molar-refractivity contribution in [1.29, 1.82) is 0 Å². The van der Waals surface area contributed by atoms with E-state index < -0.39 is 0 Å². The molecule has 1 aliphatic heterocycles. The van der Waals surface area contributed by atoms with E-state index in [2.05, 4.69) is 22.2 Å². The van der Waals surface area contributed by atoms with Gasteiger partial charge in [-0.2, -0.15) is 0 Å². The number of aromatic nitrogens is 2. The highest BCUT2D eigenvalue weighted by atomic mass is 16.1. The number of H-pyrrole nitrogens is 1. The third-order valence-electron chi connectivity index (χ3n) is 2.95. The Morgan fingerprint density at radius 1 is 1.56 bits per heavy atom. The third-order valence-corrected chi connectivity index (χ3v) is 2.95. The summed E-state index contributed by atoms with van der Waals surface area (Å²) in [5.41, 5.74) is 0.894. The second-order valence-electron chi connectivity index (χ2n) is 4.43. The zero-order valence-corrected chi connectivity index (χ0v) is 9.75. The van der Waals surface area contributed by atoms with Crippen molar-refractivity contribution in [2.24, 2.45) is 0 Å². The standard InChI is InChI=1S/C12H19N3O/c1-2-4-10-8-12(16)15-11(14-10)7-9-5-3-6-13-9/h8-9,13H,2-7H2,1H3,(H,14,15,16). The predicted octanol–water partition coefficient (Wildman–Crippen LogP) is 1.02. The van der Waals surface area contributed by atoms with E-state index in [1.165, 1.54) is 12.8 Å². The molecule has 4 nitrogen and oxygen atoms in total. The smallest absolute Gasteiger partial charge is 0.251 e. The van der Waals surface area contributed by atoms with Crippen LogP contribution in [0.25, 0.3) is 0 Å². The van der Waals surface area contributed by atoms with Crippen LogP contribution in [0.4, 0.5) is 0 Å². The molecule has 88 valence electrons. The zero-order valence-electron chi connectivity index (χ0n) is 9.75. The van der Waals surface area contributed by atoms with Crippen LogP contribution in [0.1, 0.15) is 37.7 Å². The van der Waals surface area contributed by atoms with E-state index in [0.717, 1.165) is 37.3 Å². The van der Waals surface area contributed by atoms with Gasteiger partial charge >= 0.3 is 0 Å². The summed E-state index contributed by atoms with van der Waals surface area (Å²) in [6.45, 7) is 3.19. The Morgan fingerprint density at radius 3 is 3.12 bits per heavy atom. The Hall–Kier alpha value is -1.16. The molecule has 0 aliphatic carbocycles. The molecule has 0 aromatic carbocycles. The van der Waals surface area contributed by atoms with E-state index in [1.54, 1.807) is 6.07 Å². The highest BCUT2D eigenvalue weighted by molar-refractivity contribution is 5.04. The molecule has 1 unspecified atom stereocenters. The van der Waals surface area contributed by atoms with Gasteiger partial charge in [0.25, 0.3) is 5.56 Å². The van der Waals surface area contributed by atoms with Crippen molar-refractivity contribution in [3.63, 3.8) is 0 Å². The average molecular weight is 221 g/mol. The van der Waals surface area contributed by atoms with Crippen molar-refractivity contribution in [2.45, 2.75) is 45.1 Å². The number of aryl methyl sites for hydroxylation is 1. The fraction of sp³-hybridized carbons (Fsp3) is 0.667. The summed E-state index contributed by atoms with van der Waals surface area (Å²) in [4.78, 5) is 18.8. The number of hydrogen-bond donors (Lipinski definition) is 2. The molecule has 16 heavy (non-hydrogen) atoms. The van der Waals surface area contributed by atoms with Crippen LogP contribution in [-0.4, -0.2) is 22.6 Å². The first kappa shape index (κ1) is 11.3. The van der Waals surface area contributed by atoms with Crippen LogP contribution in [-0.2, 0) is 12.8 Å². The first-order valence-corrected chi connectivity index (χ1v) is 6.10. The summed E-state index contributed by atoms with van der Waals surface area (Å²) < 4.78 is 0. The van der Waals surface area contributed by atoms with Crippen LogP contribution in [0.3, 0.4) is 0 Å². The minimum atomic E-state index is -0.0218. The van der Waals surface area contributed by atoms with E-state index in [9.17, 15) is 4.79 Å². The van der Waals surface area contributed by atoms with Gasteiger partial charge in [0.05, 0.1) is 0 Å². The molecule has 1 aromatic rings. The number of rotatable bonds is 4. The fourth-order valence-electron chi connectivity index (χ4n) is 2.21. The average Bonchev–Trinajstić information content (AvgIpc) is 2.70. The Labute approximate surface area is 95.5 Å². The van der Waals surface area contributed by atoms with Crippen LogP contribution in [0.5, 0.6) is 0 Å². The first-order valence-electron chi connectivity index (χ1n) is 6.10. The van der Waals surface area contributed by atoms with E-state index in [0.29, 0.717) is 6.04 Å². The predicted molar refractivity (Wildman–Crippen MR) is 63.6 cm³/mol. The zero-order chi connectivity index (χ0) is 11.4. The Bertz CT molecular complexity index is 393. The summed E-state index contributed by atoms with van der Waals surface area (Å²) in [6, 6.07) is 2.09. The molecule has 2 rings (SSSR count). The SMILES string of the molecule is CCCc1cc(=O)[nH]c(CC2CCCN2)n1. The molecule has 1 atom stereocenters. The summed E-state index contributed by atoms with van der Waals surface area (Å²) >= 11 is 0. The molecule has 0 radical (unpaired) electrons. The van der Waals surface area contributed by atoms with Crippen LogP contribution >= 0.6 is 0 Å². The normalized spacial score (nSPS) is 20.2. The number of hydrogen-bond acceptors (Lipinski definition) is 3. The molecule has 0 bridgehead atoms.